The Hall–Kier alpha value is -1.16. The third kappa shape index (κ3) is 2.50. The van der Waals surface area contributed by atoms with Crippen LogP contribution in [0.2, 0.25) is 0 Å². The second-order valence-electron chi connectivity index (χ2n) is 4.43. The van der Waals surface area contributed by atoms with Gasteiger partial charge >= 0.3 is 0 Å². The van der Waals surface area contributed by atoms with Crippen LogP contribution in [0.5, 0.6) is 0 Å². The second kappa shape index (κ2) is 4.78. The van der Waals surface area contributed by atoms with Gasteiger partial charge in [0.15, 0.2) is 11.7 Å². The fraction of sp³-hybridized carbons (Fsp3) is 0.667. The molecule has 0 aromatic carbocycles. The van der Waals surface area contributed by atoms with Gasteiger partial charge in [0.25, 0.3) is 0 Å². The summed E-state index contributed by atoms with van der Waals surface area (Å²) in [5.74, 6) is 1.29. The van der Waals surface area contributed by atoms with E-state index in [1.54, 1.807) is 0 Å². The van der Waals surface area contributed by atoms with Crippen molar-refractivity contribution in [1.82, 2.24) is 9.88 Å². The summed E-state index contributed by atoms with van der Waals surface area (Å²) in [6, 6.07) is 0. The van der Waals surface area contributed by atoms with Gasteiger partial charge in [-0.25, -0.2) is 4.98 Å². The largest absolute Gasteiger partial charge is 0.448 e. The average Bonchev–Trinajstić information content (AvgIpc) is 2.87. The Morgan fingerprint density at radius 3 is 3.06 bits per heavy atom. The molecule has 1 aromatic heterocycles. The summed E-state index contributed by atoms with van der Waals surface area (Å²) in [6.45, 7) is 7.09. The first-order valence-corrected chi connectivity index (χ1v) is 5.86. The van der Waals surface area contributed by atoms with Crippen LogP contribution in [-0.2, 0) is 6.42 Å². The number of Topliss-reactive ketones (excluding diaryl/α,β-unsaturated/α-hetero) is 1. The molecule has 2 heterocycles. The molecule has 0 aliphatic carbocycles. The molecule has 1 aliphatic heterocycles. The molecule has 0 saturated carbocycles. The first-order chi connectivity index (χ1) is 7.69. The number of carbonyl (C=O) groups excluding carboxylic acids is 1. The highest BCUT2D eigenvalue weighted by Crippen LogP contribution is 2.20. The molecule has 4 nitrogen and oxygen atoms in total. The van der Waals surface area contributed by atoms with Gasteiger partial charge in [0.2, 0.25) is 0 Å². The lowest BCUT2D eigenvalue weighted by Gasteiger charge is -2.11. The molecule has 88 valence electrons. The number of hydrogen-bond acceptors (Lipinski definition) is 4. The van der Waals surface area contributed by atoms with Crippen molar-refractivity contribution in [3.8, 4) is 0 Å². The SMILES string of the molecule is CCN1CCC(Cc2nc(C(C)=O)co2)C1. The molecule has 1 aromatic rings. The van der Waals surface area contributed by atoms with E-state index in [2.05, 4.69) is 16.8 Å². The number of likely N-dealkylation sites (tertiary alicyclic amines) is 1. The van der Waals surface area contributed by atoms with Crippen LogP contribution in [0, 0.1) is 5.92 Å². The molecule has 1 atom stereocenters. The van der Waals surface area contributed by atoms with Crippen LogP contribution >= 0.6 is 0 Å². The van der Waals surface area contributed by atoms with Crippen molar-refractivity contribution in [2.75, 3.05) is 19.6 Å². The van der Waals surface area contributed by atoms with Crippen molar-refractivity contribution in [1.29, 1.82) is 0 Å². The maximum atomic E-state index is 11.1. The van der Waals surface area contributed by atoms with Crippen molar-refractivity contribution in [3.63, 3.8) is 0 Å². The maximum Gasteiger partial charge on any atom is 0.194 e. The van der Waals surface area contributed by atoms with Crippen molar-refractivity contribution in [2.24, 2.45) is 5.92 Å². The molecule has 0 spiro atoms. The van der Waals surface area contributed by atoms with Gasteiger partial charge in [-0.05, 0) is 25.4 Å². The number of rotatable bonds is 4. The van der Waals surface area contributed by atoms with E-state index in [0.717, 1.165) is 19.5 Å². The lowest BCUT2D eigenvalue weighted by Crippen LogP contribution is -2.20. The van der Waals surface area contributed by atoms with E-state index in [9.17, 15) is 4.79 Å². The van der Waals surface area contributed by atoms with E-state index >= 15 is 0 Å². The van der Waals surface area contributed by atoms with Gasteiger partial charge in [0, 0.05) is 19.9 Å². The molecular formula is C12H18N2O2. The first kappa shape index (κ1) is 11.3. The molecule has 0 radical (unpaired) electrons. The molecule has 0 N–H and O–H groups in total. The Bertz CT molecular complexity index is 373. The molecule has 0 amide bonds. The van der Waals surface area contributed by atoms with E-state index in [-0.39, 0.29) is 5.78 Å². The summed E-state index contributed by atoms with van der Waals surface area (Å²) < 4.78 is 5.31. The highest BCUT2D eigenvalue weighted by atomic mass is 16.3. The molecule has 1 unspecified atom stereocenters. The molecule has 16 heavy (non-hydrogen) atoms. The predicted molar refractivity (Wildman–Crippen MR) is 60.4 cm³/mol. The topological polar surface area (TPSA) is 46.3 Å². The summed E-state index contributed by atoms with van der Waals surface area (Å²) in [7, 11) is 0. The Balaban J connectivity index is 1.92. The third-order valence-corrected chi connectivity index (χ3v) is 3.19. The van der Waals surface area contributed by atoms with Crippen LogP contribution in [0.25, 0.3) is 0 Å². The molecule has 4 heteroatoms. The molecule has 2 rings (SSSR count). The highest BCUT2D eigenvalue weighted by Gasteiger charge is 2.23. The van der Waals surface area contributed by atoms with Gasteiger partial charge < -0.3 is 9.32 Å². The Kier molecular flexibility index (Phi) is 3.39. The minimum atomic E-state index is -0.0309. The van der Waals surface area contributed by atoms with Gasteiger partial charge in [-0.3, -0.25) is 4.79 Å². The molecule has 1 fully saturated rings. The summed E-state index contributed by atoms with van der Waals surface area (Å²) in [4.78, 5) is 17.7. The van der Waals surface area contributed by atoms with Crippen molar-refractivity contribution < 1.29 is 9.21 Å². The number of nitrogens with zero attached hydrogens (tertiary/aromatic N) is 2. The minimum absolute atomic E-state index is 0.0309. The van der Waals surface area contributed by atoms with E-state index in [1.165, 1.54) is 26.2 Å². The fourth-order valence-electron chi connectivity index (χ4n) is 2.18. The van der Waals surface area contributed by atoms with E-state index in [1.807, 2.05) is 0 Å². The van der Waals surface area contributed by atoms with E-state index < -0.39 is 0 Å². The van der Waals surface area contributed by atoms with E-state index in [4.69, 9.17) is 4.42 Å². The zero-order chi connectivity index (χ0) is 11.5. The van der Waals surface area contributed by atoms with Crippen LogP contribution in [-0.4, -0.2) is 35.3 Å². The number of hydrogen-bond donors (Lipinski definition) is 0. The van der Waals surface area contributed by atoms with Gasteiger partial charge in [0.1, 0.15) is 12.0 Å². The van der Waals surface area contributed by atoms with Crippen molar-refractivity contribution >= 4 is 5.78 Å². The predicted octanol–water partition coefficient (Wildman–Crippen LogP) is 1.76. The zero-order valence-electron chi connectivity index (χ0n) is 9.90. The number of aromatic nitrogens is 1. The normalized spacial score (nSPS) is 21.5. The van der Waals surface area contributed by atoms with Crippen LogP contribution < -0.4 is 0 Å². The smallest absolute Gasteiger partial charge is 0.194 e. The lowest BCUT2D eigenvalue weighted by molar-refractivity contribution is 0.101. The standard InChI is InChI=1S/C12H18N2O2/c1-3-14-5-4-10(7-14)6-12-13-11(8-16-12)9(2)15/h8,10H,3-7H2,1-2H3. The maximum absolute atomic E-state index is 11.1. The monoisotopic (exact) mass is 222 g/mol. The average molecular weight is 222 g/mol. The van der Waals surface area contributed by atoms with Crippen LogP contribution in [0.1, 0.15) is 36.6 Å². The number of carbonyl (C=O) groups is 1. The summed E-state index contributed by atoms with van der Waals surface area (Å²) in [5.41, 5.74) is 0.445. The fourth-order valence-corrected chi connectivity index (χ4v) is 2.18. The molecular weight excluding hydrogens is 204 g/mol. The Labute approximate surface area is 95.6 Å². The minimum Gasteiger partial charge on any atom is -0.448 e. The third-order valence-electron chi connectivity index (χ3n) is 3.19. The van der Waals surface area contributed by atoms with Crippen molar-refractivity contribution in [3.05, 3.63) is 17.8 Å². The summed E-state index contributed by atoms with van der Waals surface area (Å²) in [5, 5.41) is 0. The molecule has 0 bridgehead atoms. The van der Waals surface area contributed by atoms with E-state index in [0.29, 0.717) is 17.5 Å². The first-order valence-electron chi connectivity index (χ1n) is 5.86. The van der Waals surface area contributed by atoms with Gasteiger partial charge in [-0.1, -0.05) is 6.92 Å². The Morgan fingerprint density at radius 2 is 2.50 bits per heavy atom. The van der Waals surface area contributed by atoms with Crippen LogP contribution in [0.3, 0.4) is 0 Å². The zero-order valence-corrected chi connectivity index (χ0v) is 9.90. The second-order valence-corrected chi connectivity index (χ2v) is 4.43. The lowest BCUT2D eigenvalue weighted by atomic mass is 10.1. The number of oxazole rings is 1. The summed E-state index contributed by atoms with van der Waals surface area (Å²) in [6.07, 6.45) is 3.51. The Morgan fingerprint density at radius 1 is 1.69 bits per heavy atom. The molecule has 1 saturated heterocycles. The quantitative estimate of drug-likeness (QED) is 0.728. The van der Waals surface area contributed by atoms with Gasteiger partial charge in [0.05, 0.1) is 0 Å². The summed E-state index contributed by atoms with van der Waals surface area (Å²) >= 11 is 0. The number of ketones is 1. The van der Waals surface area contributed by atoms with Gasteiger partial charge in [-0.2, -0.15) is 0 Å². The molecule has 1 aliphatic rings. The van der Waals surface area contributed by atoms with Crippen molar-refractivity contribution in [2.45, 2.75) is 26.7 Å². The van der Waals surface area contributed by atoms with Gasteiger partial charge in [-0.15, -0.1) is 0 Å². The van der Waals surface area contributed by atoms with Crippen LogP contribution in [0.15, 0.2) is 10.7 Å². The highest BCUT2D eigenvalue weighted by molar-refractivity contribution is 5.91. The van der Waals surface area contributed by atoms with Crippen LogP contribution in [0.4, 0.5) is 0 Å².